The Kier molecular flexibility index (Phi) is 1.82. The number of nitrogens with zero attached hydrogens (tertiary/aromatic N) is 3. The minimum absolute atomic E-state index is 0.274. The molecule has 7 heteroatoms. The molecule has 2 rings (SSSR count). The Labute approximate surface area is 77.4 Å². The van der Waals surface area contributed by atoms with Crippen LogP contribution in [0.4, 0.5) is 5.95 Å². The van der Waals surface area contributed by atoms with Crippen LogP contribution < -0.4 is 5.32 Å². The van der Waals surface area contributed by atoms with Gasteiger partial charge in [-0.1, -0.05) is 11.6 Å². The third-order valence-corrected chi connectivity index (χ3v) is 1.72. The minimum atomic E-state index is 0.274. The number of aromatic amines is 1. The van der Waals surface area contributed by atoms with E-state index in [1.807, 2.05) is 0 Å². The third kappa shape index (κ3) is 1.31. The van der Waals surface area contributed by atoms with Gasteiger partial charge in [0.1, 0.15) is 11.8 Å². The van der Waals surface area contributed by atoms with Gasteiger partial charge in [-0.3, -0.25) is 10.1 Å². The number of imidazole rings is 1. The average Bonchev–Trinajstić information content (AvgIpc) is 2.49. The molecule has 0 aliphatic rings. The minimum Gasteiger partial charge on any atom is -0.320 e. The molecule has 0 fully saturated rings. The number of hydrogen-bond acceptors (Lipinski definition) is 4. The summed E-state index contributed by atoms with van der Waals surface area (Å²) in [4.78, 5) is 24.4. The van der Waals surface area contributed by atoms with Crippen LogP contribution in [0.3, 0.4) is 0 Å². The van der Waals surface area contributed by atoms with Crippen molar-refractivity contribution in [2.45, 2.75) is 0 Å². The van der Waals surface area contributed by atoms with Crippen molar-refractivity contribution in [3.8, 4) is 0 Å². The Morgan fingerprint density at radius 2 is 2.38 bits per heavy atom. The topological polar surface area (TPSA) is 83.6 Å². The summed E-state index contributed by atoms with van der Waals surface area (Å²) in [5.74, 6) is 0.299. The fourth-order valence-corrected chi connectivity index (χ4v) is 1.10. The van der Waals surface area contributed by atoms with Crippen molar-refractivity contribution in [3.05, 3.63) is 11.5 Å². The van der Waals surface area contributed by atoms with E-state index >= 15 is 0 Å². The summed E-state index contributed by atoms with van der Waals surface area (Å²) in [7, 11) is 0. The lowest BCUT2D eigenvalue weighted by molar-refractivity contribution is -0.105. The van der Waals surface area contributed by atoms with E-state index in [2.05, 4.69) is 25.3 Å². The van der Waals surface area contributed by atoms with E-state index in [1.54, 1.807) is 0 Å². The first-order valence-electron chi connectivity index (χ1n) is 3.37. The number of fused-ring (bicyclic) bond motifs is 1. The number of aromatic nitrogens is 4. The molecule has 2 heterocycles. The molecule has 0 atom stereocenters. The lowest BCUT2D eigenvalue weighted by Crippen LogP contribution is -1.94. The predicted octanol–water partition coefficient (Wildman–Crippen LogP) is 0.575. The van der Waals surface area contributed by atoms with Crippen LogP contribution in [0, 0.1) is 0 Å². The zero-order valence-corrected chi connectivity index (χ0v) is 7.04. The van der Waals surface area contributed by atoms with E-state index < -0.39 is 0 Å². The Hall–Kier alpha value is -1.69. The van der Waals surface area contributed by atoms with Crippen LogP contribution >= 0.6 is 11.6 Å². The largest absolute Gasteiger partial charge is 0.320 e. The van der Waals surface area contributed by atoms with Crippen LogP contribution in [0.1, 0.15) is 0 Å². The van der Waals surface area contributed by atoms with E-state index in [0.717, 1.165) is 0 Å². The highest BCUT2D eigenvalue weighted by molar-refractivity contribution is 6.33. The number of anilines is 1. The molecule has 0 bridgehead atoms. The summed E-state index contributed by atoms with van der Waals surface area (Å²) in [6.45, 7) is 0. The van der Waals surface area contributed by atoms with Crippen molar-refractivity contribution in [1.29, 1.82) is 0 Å². The van der Waals surface area contributed by atoms with Gasteiger partial charge >= 0.3 is 0 Å². The summed E-state index contributed by atoms with van der Waals surface area (Å²) in [5.41, 5.74) is 0.929. The summed E-state index contributed by atoms with van der Waals surface area (Å²) in [5, 5.41) is 2.63. The Balaban J connectivity index is 2.61. The van der Waals surface area contributed by atoms with Gasteiger partial charge in [-0.15, -0.1) is 0 Å². The lowest BCUT2D eigenvalue weighted by atomic mass is 10.6. The molecular weight excluding hydrogens is 194 g/mol. The molecule has 1 amide bonds. The molecule has 0 saturated heterocycles. The van der Waals surface area contributed by atoms with Crippen LogP contribution in [0.2, 0.25) is 5.15 Å². The smallest absolute Gasteiger partial charge is 0.213 e. The molecular formula is C6H4ClN5O. The van der Waals surface area contributed by atoms with Gasteiger partial charge in [0.25, 0.3) is 0 Å². The van der Waals surface area contributed by atoms with Gasteiger partial charge in [0.15, 0.2) is 10.8 Å². The summed E-state index contributed by atoms with van der Waals surface area (Å²) >= 11 is 5.73. The van der Waals surface area contributed by atoms with Crippen molar-refractivity contribution in [2.75, 3.05) is 5.32 Å². The highest BCUT2D eigenvalue weighted by atomic mass is 35.5. The first-order chi connectivity index (χ1) is 6.31. The molecule has 0 spiro atoms. The molecule has 0 aliphatic carbocycles. The molecule has 0 aromatic carbocycles. The first kappa shape index (κ1) is 7.93. The molecule has 2 aromatic rings. The molecule has 2 N–H and O–H groups in total. The molecule has 0 saturated carbocycles. The van der Waals surface area contributed by atoms with Crippen LogP contribution in [0.15, 0.2) is 6.33 Å². The molecule has 6 nitrogen and oxygen atoms in total. The quantitative estimate of drug-likeness (QED) is 0.545. The van der Waals surface area contributed by atoms with Crippen molar-refractivity contribution in [2.24, 2.45) is 0 Å². The van der Waals surface area contributed by atoms with Gasteiger partial charge < -0.3 is 4.98 Å². The van der Waals surface area contributed by atoms with E-state index in [1.165, 1.54) is 6.33 Å². The lowest BCUT2D eigenvalue weighted by Gasteiger charge is -1.87. The summed E-state index contributed by atoms with van der Waals surface area (Å²) in [6, 6.07) is 0. The Morgan fingerprint density at radius 1 is 1.54 bits per heavy atom. The summed E-state index contributed by atoms with van der Waals surface area (Å²) < 4.78 is 0. The Bertz CT molecular complexity index is 453. The second-order valence-corrected chi connectivity index (χ2v) is 2.57. The third-order valence-electron chi connectivity index (χ3n) is 1.44. The van der Waals surface area contributed by atoms with Gasteiger partial charge in [0.05, 0.1) is 0 Å². The number of hydrogen-bond donors (Lipinski definition) is 2. The number of halogens is 1. The standard InChI is InChI=1S/C6H4ClN5O/c7-4-3-5(9-1-8-4)12-6(11-3)10-2-13/h1-2H,(H2,8,9,10,11,12,13). The van der Waals surface area contributed by atoms with Gasteiger partial charge in [-0.05, 0) is 0 Å². The zero-order chi connectivity index (χ0) is 9.26. The van der Waals surface area contributed by atoms with Crippen LogP contribution in [-0.4, -0.2) is 26.3 Å². The molecule has 13 heavy (non-hydrogen) atoms. The van der Waals surface area contributed by atoms with Gasteiger partial charge in [-0.2, -0.15) is 4.98 Å². The summed E-state index contributed by atoms with van der Waals surface area (Å²) in [6.07, 6.45) is 1.81. The highest BCUT2D eigenvalue weighted by Crippen LogP contribution is 2.17. The normalized spacial score (nSPS) is 10.2. The maximum atomic E-state index is 10.1. The Morgan fingerprint density at radius 3 is 3.08 bits per heavy atom. The number of carbonyl (C=O) groups is 1. The van der Waals surface area contributed by atoms with Gasteiger partial charge in [0, 0.05) is 0 Å². The highest BCUT2D eigenvalue weighted by Gasteiger charge is 2.06. The van der Waals surface area contributed by atoms with Crippen molar-refractivity contribution in [3.63, 3.8) is 0 Å². The zero-order valence-electron chi connectivity index (χ0n) is 6.28. The second-order valence-electron chi connectivity index (χ2n) is 2.21. The van der Waals surface area contributed by atoms with E-state index in [4.69, 9.17) is 11.6 Å². The van der Waals surface area contributed by atoms with Crippen LogP contribution in [0.25, 0.3) is 11.2 Å². The molecule has 0 aliphatic heterocycles. The van der Waals surface area contributed by atoms with Gasteiger partial charge in [-0.25, -0.2) is 9.97 Å². The molecule has 0 unspecified atom stereocenters. The number of carbonyl (C=O) groups excluding carboxylic acids is 1. The van der Waals surface area contributed by atoms with Crippen LogP contribution in [-0.2, 0) is 4.79 Å². The second kappa shape index (κ2) is 2.98. The molecule has 0 radical (unpaired) electrons. The SMILES string of the molecule is O=CNc1nc2ncnc(Cl)c2[nH]1. The fourth-order valence-electron chi connectivity index (χ4n) is 0.924. The van der Waals surface area contributed by atoms with Crippen LogP contribution in [0.5, 0.6) is 0 Å². The average molecular weight is 198 g/mol. The van der Waals surface area contributed by atoms with E-state index in [0.29, 0.717) is 23.5 Å². The number of rotatable bonds is 2. The monoisotopic (exact) mass is 197 g/mol. The molecule has 2 aromatic heterocycles. The molecule has 66 valence electrons. The predicted molar refractivity (Wildman–Crippen MR) is 46.4 cm³/mol. The van der Waals surface area contributed by atoms with Gasteiger partial charge in [0.2, 0.25) is 12.4 Å². The van der Waals surface area contributed by atoms with E-state index in [9.17, 15) is 4.79 Å². The number of H-pyrrole nitrogens is 1. The number of amides is 1. The fraction of sp³-hybridized carbons (Fsp3) is 0. The maximum Gasteiger partial charge on any atom is 0.213 e. The first-order valence-corrected chi connectivity index (χ1v) is 3.75. The van der Waals surface area contributed by atoms with Crippen molar-refractivity contribution >= 4 is 35.1 Å². The van der Waals surface area contributed by atoms with Crippen molar-refractivity contribution < 1.29 is 4.79 Å². The van der Waals surface area contributed by atoms with Crippen molar-refractivity contribution in [1.82, 2.24) is 19.9 Å². The maximum absolute atomic E-state index is 10.1. The van der Waals surface area contributed by atoms with E-state index in [-0.39, 0.29) is 5.15 Å². The number of nitrogens with one attached hydrogen (secondary N) is 2.